The van der Waals surface area contributed by atoms with Gasteiger partial charge >= 0.3 is 17.6 Å². The second-order valence-corrected chi connectivity index (χ2v) is 4.31. The van der Waals surface area contributed by atoms with E-state index in [9.17, 15) is 24.6 Å². The number of nitrogens with zero attached hydrogens (tertiary/aromatic N) is 3. The maximum Gasteiger partial charge on any atom is 0.368 e. The molecule has 1 aromatic heterocycles. The molecule has 0 saturated carbocycles. The van der Waals surface area contributed by atoms with Crippen LogP contribution in [0.3, 0.4) is 0 Å². The molecule has 0 aromatic carbocycles. The molecule has 21 heavy (non-hydrogen) atoms. The number of carboxylic acids is 2. The van der Waals surface area contributed by atoms with Crippen LogP contribution in [-0.2, 0) is 9.59 Å². The molecule has 10 heteroatoms. The second kappa shape index (κ2) is 6.70. The lowest BCUT2D eigenvalue weighted by Gasteiger charge is -2.32. The van der Waals surface area contributed by atoms with Crippen molar-refractivity contribution >= 4 is 17.8 Å². The Morgan fingerprint density at radius 1 is 1.48 bits per heavy atom. The molecule has 10 nitrogen and oxygen atoms in total. The Balaban J connectivity index is 3.26. The van der Waals surface area contributed by atoms with Gasteiger partial charge < -0.3 is 21.1 Å². The smallest absolute Gasteiger partial charge is 0.368 e. The van der Waals surface area contributed by atoms with Crippen LogP contribution < -0.4 is 16.4 Å². The summed E-state index contributed by atoms with van der Waals surface area (Å²) in [6.07, 6.45) is -0.598. The van der Waals surface area contributed by atoms with E-state index in [2.05, 4.69) is 4.98 Å². The molecule has 0 aliphatic rings. The molecular formula is C11H16N4O6. The van der Waals surface area contributed by atoms with E-state index in [0.29, 0.717) is 0 Å². The second-order valence-electron chi connectivity index (χ2n) is 4.31. The molecule has 116 valence electrons. The first-order valence-electron chi connectivity index (χ1n) is 5.98. The fraction of sp³-hybridized carbons (Fsp3) is 0.455. The minimum absolute atomic E-state index is 0.0571. The molecule has 0 amide bonds. The molecule has 0 radical (unpaired) electrons. The summed E-state index contributed by atoms with van der Waals surface area (Å²) in [5.74, 6) is -2.64. The number of nitrogens with two attached hydrogens (primary N) is 1. The van der Waals surface area contributed by atoms with Gasteiger partial charge in [0, 0.05) is 12.7 Å². The highest BCUT2D eigenvalue weighted by Crippen LogP contribution is 2.06. The molecule has 5 N–H and O–H groups in total. The Bertz CT molecular complexity index is 584. The molecular weight excluding hydrogens is 284 g/mol. The lowest BCUT2D eigenvalue weighted by atomic mass is 10.1. The number of anilines is 1. The van der Waals surface area contributed by atoms with Crippen LogP contribution in [0.15, 0.2) is 17.1 Å². The molecule has 0 saturated heterocycles. The quantitative estimate of drug-likeness (QED) is 0.449. The van der Waals surface area contributed by atoms with Crippen LogP contribution >= 0.6 is 0 Å². The summed E-state index contributed by atoms with van der Waals surface area (Å²) >= 11 is 0. The number of aliphatic carboxylic acids is 2. The van der Waals surface area contributed by atoms with Crippen molar-refractivity contribution in [2.24, 2.45) is 0 Å². The standard InChI is InChI=1S/C11H16N4O6/c1-6(16)9(10(19)20)14(5-3-8(17)18)15-4-2-7(12)13-11(15)21/h2,4,6,9,16H,3,5H2,1H3,(H,17,18)(H,19,20)(H2,12,13,21)/t6-,9+/m1/s1. The van der Waals surface area contributed by atoms with E-state index in [1.807, 2.05) is 0 Å². The van der Waals surface area contributed by atoms with Crippen molar-refractivity contribution in [3.63, 3.8) is 0 Å². The average molecular weight is 300 g/mol. The zero-order valence-electron chi connectivity index (χ0n) is 11.2. The maximum absolute atomic E-state index is 11.8. The molecule has 0 bridgehead atoms. The monoisotopic (exact) mass is 300 g/mol. The lowest BCUT2D eigenvalue weighted by Crippen LogP contribution is -2.57. The minimum atomic E-state index is -1.51. The van der Waals surface area contributed by atoms with E-state index in [-0.39, 0.29) is 12.4 Å². The normalized spacial score (nSPS) is 13.4. The largest absolute Gasteiger partial charge is 0.481 e. The van der Waals surface area contributed by atoms with Gasteiger partial charge in [0.2, 0.25) is 0 Å². The highest BCUT2D eigenvalue weighted by Gasteiger charge is 2.31. The maximum atomic E-state index is 11.8. The predicted octanol–water partition coefficient (Wildman–Crippen LogP) is -1.93. The van der Waals surface area contributed by atoms with E-state index in [1.54, 1.807) is 0 Å². The number of carbonyl (C=O) groups is 2. The summed E-state index contributed by atoms with van der Waals surface area (Å²) in [6.45, 7) is 0.922. The van der Waals surface area contributed by atoms with Gasteiger partial charge in [-0.25, -0.2) is 14.3 Å². The van der Waals surface area contributed by atoms with Gasteiger partial charge in [-0.1, -0.05) is 0 Å². The van der Waals surface area contributed by atoms with Gasteiger partial charge in [0.15, 0.2) is 6.04 Å². The molecule has 0 aliphatic carbocycles. The van der Waals surface area contributed by atoms with Crippen LogP contribution in [0.2, 0.25) is 0 Å². The molecule has 0 spiro atoms. The number of aromatic nitrogens is 2. The van der Waals surface area contributed by atoms with E-state index in [0.717, 1.165) is 9.69 Å². The number of aliphatic hydroxyl groups is 1. The first kappa shape index (κ1) is 16.4. The van der Waals surface area contributed by atoms with E-state index in [4.69, 9.17) is 10.8 Å². The molecule has 1 rings (SSSR count). The van der Waals surface area contributed by atoms with Gasteiger partial charge in [-0.05, 0) is 13.0 Å². The van der Waals surface area contributed by atoms with Gasteiger partial charge in [0.05, 0.1) is 12.5 Å². The van der Waals surface area contributed by atoms with Crippen molar-refractivity contribution in [1.29, 1.82) is 0 Å². The average Bonchev–Trinajstić information content (AvgIpc) is 2.33. The van der Waals surface area contributed by atoms with Gasteiger partial charge in [-0.15, -0.1) is 0 Å². The zero-order valence-corrected chi connectivity index (χ0v) is 11.2. The minimum Gasteiger partial charge on any atom is -0.481 e. The van der Waals surface area contributed by atoms with Crippen molar-refractivity contribution in [2.75, 3.05) is 17.3 Å². The van der Waals surface area contributed by atoms with Gasteiger partial charge in [-0.3, -0.25) is 9.80 Å². The summed E-state index contributed by atoms with van der Waals surface area (Å²) in [5, 5.41) is 28.4. The van der Waals surface area contributed by atoms with Crippen LogP contribution in [0.25, 0.3) is 0 Å². The number of carboxylic acid groups (broad SMARTS) is 2. The number of nitrogen functional groups attached to an aromatic ring is 1. The first-order chi connectivity index (χ1) is 9.73. The van der Waals surface area contributed by atoms with E-state index >= 15 is 0 Å². The topological polar surface area (TPSA) is 159 Å². The van der Waals surface area contributed by atoms with Crippen LogP contribution in [-0.4, -0.2) is 55.6 Å². The highest BCUT2D eigenvalue weighted by atomic mass is 16.4. The molecule has 0 unspecified atom stereocenters. The van der Waals surface area contributed by atoms with Crippen molar-refractivity contribution in [3.05, 3.63) is 22.7 Å². The van der Waals surface area contributed by atoms with Crippen molar-refractivity contribution < 1.29 is 24.9 Å². The third-order valence-corrected chi connectivity index (χ3v) is 2.67. The fourth-order valence-corrected chi connectivity index (χ4v) is 1.78. The van der Waals surface area contributed by atoms with Crippen molar-refractivity contribution in [3.8, 4) is 0 Å². The molecule has 0 fully saturated rings. The number of aliphatic hydroxyl groups excluding tert-OH is 1. The molecule has 1 aromatic rings. The summed E-state index contributed by atoms with van der Waals surface area (Å²) in [4.78, 5) is 37.2. The summed E-state index contributed by atoms with van der Waals surface area (Å²) in [7, 11) is 0. The Kier molecular flexibility index (Phi) is 5.24. The summed E-state index contributed by atoms with van der Waals surface area (Å²) in [5.41, 5.74) is 4.47. The third kappa shape index (κ3) is 4.18. The van der Waals surface area contributed by atoms with Crippen LogP contribution in [0.5, 0.6) is 0 Å². The van der Waals surface area contributed by atoms with Crippen LogP contribution in [0.4, 0.5) is 5.82 Å². The van der Waals surface area contributed by atoms with E-state index < -0.39 is 36.2 Å². The molecule has 0 aliphatic heterocycles. The van der Waals surface area contributed by atoms with Gasteiger partial charge in [0.1, 0.15) is 5.82 Å². The number of rotatable bonds is 7. The highest BCUT2D eigenvalue weighted by molar-refractivity contribution is 5.76. The Labute approximate surface area is 119 Å². The van der Waals surface area contributed by atoms with Gasteiger partial charge in [-0.2, -0.15) is 4.98 Å². The Morgan fingerprint density at radius 3 is 2.52 bits per heavy atom. The van der Waals surface area contributed by atoms with Crippen LogP contribution in [0, 0.1) is 0 Å². The Hall–Kier alpha value is -2.62. The zero-order chi connectivity index (χ0) is 16.2. The number of hydrogen-bond donors (Lipinski definition) is 4. The van der Waals surface area contributed by atoms with Crippen LogP contribution in [0.1, 0.15) is 13.3 Å². The van der Waals surface area contributed by atoms with Gasteiger partial charge in [0.25, 0.3) is 0 Å². The SMILES string of the molecule is C[C@@H](O)[C@@H](C(=O)O)N(CCC(=O)O)n1ccc(N)nc1=O. The summed E-state index contributed by atoms with van der Waals surface area (Å²) in [6, 6.07) is -0.247. The molecule has 1 heterocycles. The lowest BCUT2D eigenvalue weighted by molar-refractivity contribution is -0.142. The van der Waals surface area contributed by atoms with Crippen molar-refractivity contribution in [1.82, 2.24) is 9.66 Å². The fourth-order valence-electron chi connectivity index (χ4n) is 1.78. The van der Waals surface area contributed by atoms with Crippen molar-refractivity contribution in [2.45, 2.75) is 25.5 Å². The first-order valence-corrected chi connectivity index (χ1v) is 5.98. The number of hydrogen-bond acceptors (Lipinski definition) is 7. The summed E-state index contributed by atoms with van der Waals surface area (Å²) < 4.78 is 0.824. The van der Waals surface area contributed by atoms with E-state index in [1.165, 1.54) is 19.2 Å². The Morgan fingerprint density at radius 2 is 2.10 bits per heavy atom. The predicted molar refractivity (Wildman–Crippen MR) is 71.4 cm³/mol. The molecule has 2 atom stereocenters. The third-order valence-electron chi connectivity index (χ3n) is 2.67.